The molecule has 4 saturated carbocycles. The Kier molecular flexibility index (Phi) is 5.54. The van der Waals surface area contributed by atoms with Gasteiger partial charge in [-0.25, -0.2) is 0 Å². The van der Waals surface area contributed by atoms with E-state index < -0.39 is 8.32 Å². The van der Waals surface area contributed by atoms with Crippen molar-refractivity contribution in [2.24, 2.45) is 34.5 Å². The first-order valence-corrected chi connectivity index (χ1v) is 15.6. The van der Waals surface area contributed by atoms with E-state index in [2.05, 4.69) is 60.7 Å². The van der Waals surface area contributed by atoms with Crippen molar-refractivity contribution in [3.8, 4) is 0 Å². The molecule has 0 amide bonds. The molecule has 170 valence electrons. The predicted molar refractivity (Wildman–Crippen MR) is 128 cm³/mol. The van der Waals surface area contributed by atoms with E-state index in [-0.39, 0.29) is 5.04 Å². The highest BCUT2D eigenvalue weighted by atomic mass is 28.4. The molecular weight excluding hydrogens is 384 g/mol. The van der Waals surface area contributed by atoms with Crippen molar-refractivity contribution in [2.45, 2.75) is 117 Å². The second kappa shape index (κ2) is 7.30. The Morgan fingerprint density at radius 2 is 1.77 bits per heavy atom. The summed E-state index contributed by atoms with van der Waals surface area (Å²) in [4.78, 5) is 12.4. The van der Waals surface area contributed by atoms with Gasteiger partial charge < -0.3 is 4.43 Å². The summed E-state index contributed by atoms with van der Waals surface area (Å²) in [5.41, 5.74) is 2.42. The summed E-state index contributed by atoms with van der Waals surface area (Å²) in [7, 11) is -1.86. The molecule has 4 rings (SSSR count). The van der Waals surface area contributed by atoms with Crippen molar-refractivity contribution < 1.29 is 9.22 Å². The van der Waals surface area contributed by atoms with E-state index in [1.807, 2.05) is 0 Å². The lowest BCUT2D eigenvalue weighted by atomic mass is 9.44. The van der Waals surface area contributed by atoms with Gasteiger partial charge in [0.25, 0.3) is 0 Å². The highest BCUT2D eigenvalue weighted by Gasteiger charge is 2.62. The fourth-order valence-electron chi connectivity index (χ4n) is 7.99. The number of allylic oxidation sites excluding steroid dienone is 2. The van der Waals surface area contributed by atoms with E-state index in [1.165, 1.54) is 25.7 Å². The predicted octanol–water partition coefficient (Wildman–Crippen LogP) is 7.54. The molecule has 0 N–H and O–H groups in total. The minimum Gasteiger partial charge on any atom is -0.414 e. The first-order valence-electron chi connectivity index (χ1n) is 12.7. The number of rotatable bonds is 2. The third kappa shape index (κ3) is 3.32. The summed E-state index contributed by atoms with van der Waals surface area (Å²) < 4.78 is 7.27. The highest BCUT2D eigenvalue weighted by molar-refractivity contribution is 6.74. The fourth-order valence-corrected chi connectivity index (χ4v) is 9.35. The van der Waals surface area contributed by atoms with Crippen LogP contribution in [0.3, 0.4) is 0 Å². The third-order valence-corrected chi connectivity index (χ3v) is 15.4. The van der Waals surface area contributed by atoms with E-state index in [4.69, 9.17) is 4.43 Å². The lowest BCUT2D eigenvalue weighted by molar-refractivity contribution is -0.158. The molecule has 30 heavy (non-hydrogen) atoms. The van der Waals surface area contributed by atoms with Crippen LogP contribution < -0.4 is 0 Å². The number of carbonyl (C=O) groups excluding carboxylic acids is 1. The van der Waals surface area contributed by atoms with Gasteiger partial charge in [-0.2, -0.15) is 0 Å². The van der Waals surface area contributed by atoms with E-state index in [1.54, 1.807) is 5.57 Å². The molecule has 0 aromatic carbocycles. The quantitative estimate of drug-likeness (QED) is 0.334. The molecule has 0 aromatic heterocycles. The molecule has 4 fully saturated rings. The first kappa shape index (κ1) is 22.8. The molecule has 4 aliphatic rings. The average Bonchev–Trinajstić information content (AvgIpc) is 2.98. The van der Waals surface area contributed by atoms with Gasteiger partial charge in [0.2, 0.25) is 0 Å². The lowest BCUT2D eigenvalue weighted by Gasteiger charge is -2.63. The maximum absolute atomic E-state index is 12.4. The highest BCUT2D eigenvalue weighted by Crippen LogP contribution is 2.67. The number of ketones is 1. The topological polar surface area (TPSA) is 26.3 Å². The fraction of sp³-hybridized carbons (Fsp3) is 0.889. The zero-order valence-electron chi connectivity index (χ0n) is 20.9. The minimum absolute atomic E-state index is 0.230. The second-order valence-electron chi connectivity index (χ2n) is 13.2. The Labute approximate surface area is 186 Å². The van der Waals surface area contributed by atoms with Crippen LogP contribution in [0.25, 0.3) is 0 Å². The molecule has 0 spiro atoms. The van der Waals surface area contributed by atoms with Crippen molar-refractivity contribution >= 4 is 14.1 Å². The van der Waals surface area contributed by atoms with Gasteiger partial charge in [-0.05, 0) is 98.1 Å². The Morgan fingerprint density at radius 3 is 2.40 bits per heavy atom. The molecule has 7 atom stereocenters. The summed E-state index contributed by atoms with van der Waals surface area (Å²) in [6.07, 6.45) is 11.9. The van der Waals surface area contributed by atoms with Crippen LogP contribution in [0.5, 0.6) is 0 Å². The zero-order chi connectivity index (χ0) is 22.1. The summed E-state index contributed by atoms with van der Waals surface area (Å²) >= 11 is 0. The van der Waals surface area contributed by atoms with Gasteiger partial charge in [-0.3, -0.25) is 4.79 Å². The molecule has 0 aromatic rings. The molecule has 0 heterocycles. The zero-order valence-corrected chi connectivity index (χ0v) is 21.9. The van der Waals surface area contributed by atoms with E-state index in [0.717, 1.165) is 37.5 Å². The van der Waals surface area contributed by atoms with Crippen molar-refractivity contribution in [2.75, 3.05) is 0 Å². The Balaban J connectivity index is 1.74. The van der Waals surface area contributed by atoms with Crippen LogP contribution >= 0.6 is 0 Å². The summed E-state index contributed by atoms with van der Waals surface area (Å²) in [5.74, 6) is 3.19. The maximum atomic E-state index is 12.4. The van der Waals surface area contributed by atoms with Gasteiger partial charge in [0.05, 0.1) is 0 Å². The molecule has 3 heteroatoms. The monoisotopic (exact) mass is 430 g/mol. The standard InChI is InChI=1S/C27H46O2Si/c1-9-18-10-11-21-24-22(13-15-26(18,21)5)27(6)14-12-20(28)16-19(27)17-23(24)29-30(7,8)25(2,3)4/h9,19,21-24H,10-17H2,1-8H3/b18-9-/t19-,21+,22+,23?,24+,26-,27+/m1/s1. The second-order valence-corrected chi connectivity index (χ2v) is 18.0. The molecule has 0 bridgehead atoms. The Bertz CT molecular complexity index is 732. The molecule has 0 aliphatic heterocycles. The normalized spacial score (nSPS) is 45.8. The number of hydrogen-bond acceptors (Lipinski definition) is 2. The molecule has 0 saturated heterocycles. The number of fused-ring (bicyclic) bond motifs is 5. The van der Waals surface area contributed by atoms with Crippen molar-refractivity contribution in [1.29, 1.82) is 0 Å². The van der Waals surface area contributed by atoms with Crippen LogP contribution in [-0.4, -0.2) is 20.2 Å². The Morgan fingerprint density at radius 1 is 1.07 bits per heavy atom. The molecule has 2 nitrogen and oxygen atoms in total. The van der Waals surface area contributed by atoms with Gasteiger partial charge in [0.1, 0.15) is 5.78 Å². The smallest absolute Gasteiger partial charge is 0.192 e. The minimum atomic E-state index is -1.86. The van der Waals surface area contributed by atoms with Crippen molar-refractivity contribution in [3.63, 3.8) is 0 Å². The van der Waals surface area contributed by atoms with E-state index in [9.17, 15) is 4.79 Å². The van der Waals surface area contributed by atoms with Crippen LogP contribution in [-0.2, 0) is 9.22 Å². The number of carbonyl (C=O) groups is 1. The van der Waals surface area contributed by atoms with Crippen molar-refractivity contribution in [3.05, 3.63) is 11.6 Å². The van der Waals surface area contributed by atoms with Gasteiger partial charge in [0, 0.05) is 18.9 Å². The van der Waals surface area contributed by atoms with E-state index >= 15 is 0 Å². The SMILES string of the molecule is C/C=C1/CC[C@H]2[C@@H]3C(O[Si](C)(C)C(C)(C)C)C[C@H]4CC(=O)CC[C@]4(C)[C@H]3CC[C@]12C. The summed E-state index contributed by atoms with van der Waals surface area (Å²) in [6, 6.07) is 0. The first-order chi connectivity index (χ1) is 13.8. The van der Waals surface area contributed by atoms with Crippen LogP contribution in [0.1, 0.15) is 92.9 Å². The molecule has 4 aliphatic carbocycles. The van der Waals surface area contributed by atoms with Gasteiger partial charge in [-0.15, -0.1) is 0 Å². The van der Waals surface area contributed by atoms with E-state index in [0.29, 0.717) is 34.6 Å². The number of Topliss-reactive ketones (excluding diaryl/α,β-unsaturated/α-hetero) is 1. The number of hydrogen-bond donors (Lipinski definition) is 0. The largest absolute Gasteiger partial charge is 0.414 e. The van der Waals surface area contributed by atoms with Crippen LogP contribution in [0.2, 0.25) is 18.1 Å². The summed E-state index contributed by atoms with van der Waals surface area (Å²) in [5, 5.41) is 0.230. The lowest BCUT2D eigenvalue weighted by Crippen LogP contribution is -2.60. The summed E-state index contributed by atoms with van der Waals surface area (Å²) in [6.45, 7) is 19.3. The van der Waals surface area contributed by atoms with Crippen LogP contribution in [0.4, 0.5) is 0 Å². The van der Waals surface area contributed by atoms with Gasteiger partial charge in [0.15, 0.2) is 8.32 Å². The third-order valence-electron chi connectivity index (χ3n) is 10.9. The van der Waals surface area contributed by atoms with Gasteiger partial charge >= 0.3 is 0 Å². The average molecular weight is 431 g/mol. The maximum Gasteiger partial charge on any atom is 0.192 e. The van der Waals surface area contributed by atoms with Gasteiger partial charge in [-0.1, -0.05) is 46.3 Å². The molecule has 0 radical (unpaired) electrons. The molecule has 1 unspecified atom stereocenters. The Hall–Kier alpha value is -0.413. The van der Waals surface area contributed by atoms with Crippen LogP contribution in [0, 0.1) is 34.5 Å². The molecular formula is C27H46O2Si. The van der Waals surface area contributed by atoms with Crippen LogP contribution in [0.15, 0.2) is 11.6 Å². The van der Waals surface area contributed by atoms with Crippen molar-refractivity contribution in [1.82, 2.24) is 0 Å².